The van der Waals surface area contributed by atoms with Gasteiger partial charge in [0.15, 0.2) is 0 Å². The Hall–Kier alpha value is -1.49. The Balaban J connectivity index is 2.91. The first-order valence-electron chi connectivity index (χ1n) is 4.38. The number of anilines is 1. The summed E-state index contributed by atoms with van der Waals surface area (Å²) < 4.78 is 25.8. The van der Waals surface area contributed by atoms with Crippen molar-refractivity contribution in [1.29, 1.82) is 0 Å². The largest absolute Gasteiger partial charge is 0.396 e. The monoisotopic (exact) mass is 215 g/mol. The molecule has 15 heavy (non-hydrogen) atoms. The lowest BCUT2D eigenvalue weighted by molar-refractivity contribution is -0.118. The summed E-state index contributed by atoms with van der Waals surface area (Å²) >= 11 is 0. The molecule has 0 spiro atoms. The number of rotatable bonds is 3. The number of amides is 1. The lowest BCUT2D eigenvalue weighted by Crippen LogP contribution is -2.27. The molecule has 0 unspecified atom stereocenters. The van der Waals surface area contributed by atoms with Gasteiger partial charge in [-0.05, 0) is 12.1 Å². The summed E-state index contributed by atoms with van der Waals surface area (Å²) in [6.45, 7) is -0.300. The van der Waals surface area contributed by atoms with Crippen molar-refractivity contribution in [1.82, 2.24) is 0 Å². The Morgan fingerprint density at radius 2 is 2.13 bits per heavy atom. The highest BCUT2D eigenvalue weighted by molar-refractivity contribution is 5.92. The fourth-order valence-electron chi connectivity index (χ4n) is 1.15. The first-order valence-corrected chi connectivity index (χ1v) is 4.38. The van der Waals surface area contributed by atoms with E-state index in [1.807, 2.05) is 0 Å². The van der Waals surface area contributed by atoms with Crippen LogP contribution in [0.4, 0.5) is 14.5 Å². The second-order valence-electron chi connectivity index (χ2n) is 3.02. The normalized spacial score (nSPS) is 10.1. The quantitative estimate of drug-likeness (QED) is 0.825. The van der Waals surface area contributed by atoms with Gasteiger partial charge in [-0.1, -0.05) is 0 Å². The van der Waals surface area contributed by atoms with Crippen molar-refractivity contribution in [3.8, 4) is 0 Å². The van der Waals surface area contributed by atoms with E-state index >= 15 is 0 Å². The van der Waals surface area contributed by atoms with Gasteiger partial charge in [0.05, 0.1) is 18.7 Å². The molecule has 3 nitrogen and oxygen atoms in total. The van der Waals surface area contributed by atoms with Gasteiger partial charge >= 0.3 is 0 Å². The zero-order valence-electron chi connectivity index (χ0n) is 8.20. The molecule has 1 aromatic carbocycles. The molecule has 0 heterocycles. The van der Waals surface area contributed by atoms with Gasteiger partial charge in [0.25, 0.3) is 0 Å². The first kappa shape index (κ1) is 11.6. The van der Waals surface area contributed by atoms with Gasteiger partial charge in [0, 0.05) is 13.1 Å². The zero-order valence-corrected chi connectivity index (χ0v) is 8.20. The van der Waals surface area contributed by atoms with Crippen LogP contribution in [0.1, 0.15) is 6.42 Å². The van der Waals surface area contributed by atoms with Gasteiger partial charge in [0.2, 0.25) is 5.91 Å². The Morgan fingerprint density at radius 1 is 1.47 bits per heavy atom. The Morgan fingerprint density at radius 3 is 2.67 bits per heavy atom. The molecule has 5 heteroatoms. The SMILES string of the molecule is CN(C(=O)CCO)c1ccc(F)cc1F. The van der Waals surface area contributed by atoms with Crippen molar-refractivity contribution in [2.24, 2.45) is 0 Å². The smallest absolute Gasteiger partial charge is 0.229 e. The lowest BCUT2D eigenvalue weighted by atomic mass is 10.2. The van der Waals surface area contributed by atoms with E-state index in [1.165, 1.54) is 13.1 Å². The number of carbonyl (C=O) groups is 1. The third kappa shape index (κ3) is 2.73. The van der Waals surface area contributed by atoms with Crippen molar-refractivity contribution in [2.75, 3.05) is 18.6 Å². The average Bonchev–Trinajstić information content (AvgIpc) is 2.17. The summed E-state index contributed by atoms with van der Waals surface area (Å²) in [5.74, 6) is -1.92. The minimum absolute atomic E-state index is 0.00477. The van der Waals surface area contributed by atoms with Crippen LogP contribution in [0, 0.1) is 11.6 Å². The van der Waals surface area contributed by atoms with Crippen LogP contribution in [0.5, 0.6) is 0 Å². The summed E-state index contributed by atoms with van der Waals surface area (Å²) in [6.07, 6.45) is -0.0900. The summed E-state index contributed by atoms with van der Waals surface area (Å²) in [5.41, 5.74) is -0.00477. The predicted octanol–water partition coefficient (Wildman–Crippen LogP) is 1.31. The zero-order chi connectivity index (χ0) is 11.4. The maximum absolute atomic E-state index is 13.2. The Kier molecular flexibility index (Phi) is 3.74. The molecule has 1 N–H and O–H groups in total. The molecule has 0 saturated heterocycles. The molecule has 1 amide bonds. The molecule has 0 bridgehead atoms. The second-order valence-corrected chi connectivity index (χ2v) is 3.02. The average molecular weight is 215 g/mol. The van der Waals surface area contributed by atoms with Crippen molar-refractivity contribution < 1.29 is 18.7 Å². The van der Waals surface area contributed by atoms with Crippen LogP contribution in [0.3, 0.4) is 0 Å². The van der Waals surface area contributed by atoms with E-state index < -0.39 is 17.5 Å². The summed E-state index contributed by atoms with van der Waals surface area (Å²) in [4.78, 5) is 12.3. The molecule has 0 aromatic heterocycles. The standard InChI is InChI=1S/C10H11F2NO2/c1-13(10(15)4-5-14)9-3-2-7(11)6-8(9)12/h2-3,6,14H,4-5H2,1H3. The van der Waals surface area contributed by atoms with Crippen molar-refractivity contribution in [3.05, 3.63) is 29.8 Å². The topological polar surface area (TPSA) is 40.5 Å². The number of halogens is 2. The Labute approximate surface area is 85.9 Å². The van der Waals surface area contributed by atoms with Crippen molar-refractivity contribution in [2.45, 2.75) is 6.42 Å². The molecule has 0 aliphatic rings. The van der Waals surface area contributed by atoms with Gasteiger partial charge in [-0.2, -0.15) is 0 Å². The maximum atomic E-state index is 13.2. The molecule has 0 saturated carbocycles. The fourth-order valence-corrected chi connectivity index (χ4v) is 1.15. The van der Waals surface area contributed by atoms with Crippen LogP contribution in [-0.2, 0) is 4.79 Å². The minimum Gasteiger partial charge on any atom is -0.396 e. The number of aliphatic hydroxyl groups is 1. The molecule has 1 aromatic rings. The van der Waals surface area contributed by atoms with Gasteiger partial charge in [-0.15, -0.1) is 0 Å². The maximum Gasteiger partial charge on any atom is 0.229 e. The van der Waals surface area contributed by atoms with Crippen LogP contribution in [0.15, 0.2) is 18.2 Å². The van der Waals surface area contributed by atoms with E-state index in [0.717, 1.165) is 11.0 Å². The highest BCUT2D eigenvalue weighted by Crippen LogP contribution is 2.19. The van der Waals surface area contributed by atoms with Crippen molar-refractivity contribution in [3.63, 3.8) is 0 Å². The highest BCUT2D eigenvalue weighted by Gasteiger charge is 2.14. The third-order valence-electron chi connectivity index (χ3n) is 1.97. The van der Waals surface area contributed by atoms with E-state index in [-0.39, 0.29) is 18.7 Å². The van der Waals surface area contributed by atoms with E-state index in [1.54, 1.807) is 0 Å². The van der Waals surface area contributed by atoms with Gasteiger partial charge in [-0.3, -0.25) is 4.79 Å². The number of carbonyl (C=O) groups excluding carboxylic acids is 1. The molecule has 0 radical (unpaired) electrons. The van der Waals surface area contributed by atoms with Crippen LogP contribution >= 0.6 is 0 Å². The van der Waals surface area contributed by atoms with E-state index in [4.69, 9.17) is 5.11 Å². The molecule has 0 fully saturated rings. The molecule has 0 atom stereocenters. The second kappa shape index (κ2) is 4.84. The van der Waals surface area contributed by atoms with Gasteiger partial charge in [-0.25, -0.2) is 8.78 Å². The number of nitrogens with zero attached hydrogens (tertiary/aromatic N) is 1. The van der Waals surface area contributed by atoms with Crippen LogP contribution in [-0.4, -0.2) is 24.7 Å². The molecule has 0 aliphatic heterocycles. The third-order valence-corrected chi connectivity index (χ3v) is 1.97. The first-order chi connectivity index (χ1) is 7.06. The van der Waals surface area contributed by atoms with Gasteiger partial charge < -0.3 is 10.0 Å². The summed E-state index contributed by atoms with van der Waals surface area (Å²) in [5, 5.41) is 8.54. The Bertz CT molecular complexity index is 368. The number of hydrogen-bond donors (Lipinski definition) is 1. The van der Waals surface area contributed by atoms with Crippen LogP contribution in [0.25, 0.3) is 0 Å². The molecular formula is C10H11F2NO2. The van der Waals surface area contributed by atoms with Gasteiger partial charge in [0.1, 0.15) is 11.6 Å². The molecule has 1 rings (SSSR count). The minimum atomic E-state index is -0.802. The molecular weight excluding hydrogens is 204 g/mol. The fraction of sp³-hybridized carbons (Fsp3) is 0.300. The predicted molar refractivity (Wildman–Crippen MR) is 51.5 cm³/mol. The summed E-state index contributed by atoms with van der Waals surface area (Å²) in [6, 6.07) is 2.96. The van der Waals surface area contributed by atoms with Crippen molar-refractivity contribution >= 4 is 11.6 Å². The number of hydrogen-bond acceptors (Lipinski definition) is 2. The molecule has 0 aliphatic carbocycles. The van der Waals surface area contributed by atoms with E-state index in [9.17, 15) is 13.6 Å². The van der Waals surface area contributed by atoms with Crippen LogP contribution in [0.2, 0.25) is 0 Å². The highest BCUT2D eigenvalue weighted by atomic mass is 19.1. The van der Waals surface area contributed by atoms with E-state index in [2.05, 4.69) is 0 Å². The molecule has 82 valence electrons. The lowest BCUT2D eigenvalue weighted by Gasteiger charge is -2.17. The number of aliphatic hydroxyl groups excluding tert-OH is 1. The van der Waals surface area contributed by atoms with E-state index in [0.29, 0.717) is 6.07 Å². The van der Waals surface area contributed by atoms with Crippen LogP contribution < -0.4 is 4.90 Å². The summed E-state index contributed by atoms with van der Waals surface area (Å²) in [7, 11) is 1.37. The number of benzene rings is 1.